The predicted molar refractivity (Wildman–Crippen MR) is 78.7 cm³/mol. The van der Waals surface area contributed by atoms with Gasteiger partial charge in [-0.05, 0) is 24.6 Å². The number of carboxylic acid groups (broad SMARTS) is 1. The largest absolute Gasteiger partial charge is 0.479 e. The van der Waals surface area contributed by atoms with Gasteiger partial charge in [0.2, 0.25) is 5.91 Å². The molecule has 2 atom stereocenters. The fourth-order valence-corrected chi connectivity index (χ4v) is 2.79. The highest BCUT2D eigenvalue weighted by Crippen LogP contribution is 2.25. The molecule has 1 aromatic carbocycles. The maximum Gasteiger partial charge on any atom is 0.334 e. The fraction of sp³-hybridized carbons (Fsp3) is 0.429. The standard InChI is InChI=1S/C14H15Cl2NO4/c1-8-6-17(7-12(21-8)14(19)20)13(18)5-9-10(15)3-2-4-11(9)16/h2-4,8,12H,5-7H2,1H3,(H,19,20)/t8-,12?/m1/s1. The molecule has 1 heterocycles. The number of nitrogens with zero attached hydrogens (tertiary/aromatic N) is 1. The summed E-state index contributed by atoms with van der Waals surface area (Å²) < 4.78 is 5.28. The quantitative estimate of drug-likeness (QED) is 0.922. The Bertz CT molecular complexity index is 544. The van der Waals surface area contributed by atoms with Gasteiger partial charge >= 0.3 is 5.97 Å². The number of aliphatic carboxylic acids is 1. The number of benzene rings is 1. The summed E-state index contributed by atoms with van der Waals surface area (Å²) in [6, 6.07) is 5.03. The summed E-state index contributed by atoms with van der Waals surface area (Å²) in [4.78, 5) is 24.9. The van der Waals surface area contributed by atoms with Crippen molar-refractivity contribution in [3.05, 3.63) is 33.8 Å². The zero-order chi connectivity index (χ0) is 15.6. The lowest BCUT2D eigenvalue weighted by atomic mass is 10.1. The van der Waals surface area contributed by atoms with E-state index in [2.05, 4.69) is 0 Å². The van der Waals surface area contributed by atoms with Gasteiger partial charge < -0.3 is 14.7 Å². The van der Waals surface area contributed by atoms with Crippen molar-refractivity contribution < 1.29 is 19.4 Å². The normalized spacial score (nSPS) is 22.1. The first-order valence-corrected chi connectivity index (χ1v) is 7.23. The van der Waals surface area contributed by atoms with Crippen LogP contribution in [0.25, 0.3) is 0 Å². The molecule has 114 valence electrons. The highest BCUT2D eigenvalue weighted by Gasteiger charge is 2.32. The van der Waals surface area contributed by atoms with Crippen LogP contribution in [0.5, 0.6) is 0 Å². The van der Waals surface area contributed by atoms with Crippen molar-refractivity contribution in [3.8, 4) is 0 Å². The van der Waals surface area contributed by atoms with Gasteiger partial charge in [-0.3, -0.25) is 4.79 Å². The Balaban J connectivity index is 2.11. The first-order valence-electron chi connectivity index (χ1n) is 6.47. The Labute approximate surface area is 132 Å². The summed E-state index contributed by atoms with van der Waals surface area (Å²) in [6.07, 6.45) is -1.29. The Hall–Kier alpha value is -1.30. The molecule has 21 heavy (non-hydrogen) atoms. The van der Waals surface area contributed by atoms with E-state index >= 15 is 0 Å². The SMILES string of the molecule is C[C@@H]1CN(C(=O)Cc2c(Cl)cccc2Cl)CC(C(=O)O)O1. The van der Waals surface area contributed by atoms with Gasteiger partial charge in [0.05, 0.1) is 19.1 Å². The van der Waals surface area contributed by atoms with Crippen molar-refractivity contribution in [3.63, 3.8) is 0 Å². The van der Waals surface area contributed by atoms with E-state index in [1.54, 1.807) is 25.1 Å². The summed E-state index contributed by atoms with van der Waals surface area (Å²) in [5.74, 6) is -1.29. The van der Waals surface area contributed by atoms with Crippen LogP contribution in [0.15, 0.2) is 18.2 Å². The van der Waals surface area contributed by atoms with E-state index < -0.39 is 12.1 Å². The minimum absolute atomic E-state index is 0.0284. The molecule has 0 aliphatic carbocycles. The number of hydrogen-bond acceptors (Lipinski definition) is 3. The van der Waals surface area contributed by atoms with Gasteiger partial charge in [-0.15, -0.1) is 0 Å². The van der Waals surface area contributed by atoms with Crippen LogP contribution in [0.4, 0.5) is 0 Å². The first-order chi connectivity index (χ1) is 9.88. The number of morpholine rings is 1. The van der Waals surface area contributed by atoms with Crippen molar-refractivity contribution in [2.45, 2.75) is 25.6 Å². The number of carbonyl (C=O) groups is 2. The maximum atomic E-state index is 12.3. The van der Waals surface area contributed by atoms with E-state index in [-0.39, 0.29) is 25.0 Å². The highest BCUT2D eigenvalue weighted by molar-refractivity contribution is 6.36. The number of halogens is 2. The monoisotopic (exact) mass is 331 g/mol. The van der Waals surface area contributed by atoms with Crippen molar-refractivity contribution in [1.29, 1.82) is 0 Å². The van der Waals surface area contributed by atoms with Gasteiger partial charge in [0, 0.05) is 16.6 Å². The molecule has 1 unspecified atom stereocenters. The zero-order valence-corrected chi connectivity index (χ0v) is 12.9. The van der Waals surface area contributed by atoms with E-state index in [1.165, 1.54) is 4.90 Å². The van der Waals surface area contributed by atoms with Crippen LogP contribution in [0.1, 0.15) is 12.5 Å². The lowest BCUT2D eigenvalue weighted by molar-refractivity contribution is -0.166. The fourth-order valence-electron chi connectivity index (χ4n) is 2.26. The molecule has 1 aromatic rings. The summed E-state index contributed by atoms with van der Waals surface area (Å²) in [5.41, 5.74) is 0.553. The van der Waals surface area contributed by atoms with E-state index in [0.717, 1.165) is 0 Å². The topological polar surface area (TPSA) is 66.8 Å². The van der Waals surface area contributed by atoms with E-state index in [1.807, 2.05) is 0 Å². The van der Waals surface area contributed by atoms with Crippen LogP contribution >= 0.6 is 23.2 Å². The molecule has 1 N–H and O–H groups in total. The number of carboxylic acids is 1. The molecule has 1 saturated heterocycles. The van der Waals surface area contributed by atoms with Crippen LogP contribution in [-0.4, -0.2) is 47.2 Å². The third-order valence-electron chi connectivity index (χ3n) is 3.28. The zero-order valence-electron chi connectivity index (χ0n) is 11.4. The minimum atomic E-state index is -1.07. The molecule has 7 heteroatoms. The number of rotatable bonds is 3. The molecule has 0 bridgehead atoms. The Morgan fingerprint density at radius 2 is 1.95 bits per heavy atom. The van der Waals surface area contributed by atoms with Gasteiger partial charge in [0.15, 0.2) is 6.10 Å². The minimum Gasteiger partial charge on any atom is -0.479 e. The second-order valence-corrected chi connectivity index (χ2v) is 5.76. The van der Waals surface area contributed by atoms with Gasteiger partial charge in [-0.25, -0.2) is 4.79 Å². The van der Waals surface area contributed by atoms with Gasteiger partial charge in [0.25, 0.3) is 0 Å². The molecule has 0 aromatic heterocycles. The van der Waals surface area contributed by atoms with Crippen molar-refractivity contribution in [1.82, 2.24) is 4.90 Å². The summed E-state index contributed by atoms with van der Waals surface area (Å²) in [7, 11) is 0. The molecule has 1 aliphatic heterocycles. The molecular weight excluding hydrogens is 317 g/mol. The van der Waals surface area contributed by atoms with Gasteiger partial charge in [0.1, 0.15) is 0 Å². The smallest absolute Gasteiger partial charge is 0.334 e. The molecule has 1 aliphatic rings. The lowest BCUT2D eigenvalue weighted by Crippen LogP contribution is -2.52. The van der Waals surface area contributed by atoms with E-state index in [0.29, 0.717) is 22.2 Å². The van der Waals surface area contributed by atoms with Crippen molar-refractivity contribution in [2.24, 2.45) is 0 Å². The van der Waals surface area contributed by atoms with E-state index in [9.17, 15) is 9.59 Å². The molecule has 0 radical (unpaired) electrons. The van der Waals surface area contributed by atoms with Crippen LogP contribution < -0.4 is 0 Å². The number of carbonyl (C=O) groups excluding carboxylic acids is 1. The lowest BCUT2D eigenvalue weighted by Gasteiger charge is -2.35. The maximum absolute atomic E-state index is 12.3. The number of hydrogen-bond donors (Lipinski definition) is 1. The third-order valence-corrected chi connectivity index (χ3v) is 3.99. The average molecular weight is 332 g/mol. The Morgan fingerprint density at radius 3 is 2.52 bits per heavy atom. The summed E-state index contributed by atoms with van der Waals surface area (Å²) in [6.45, 7) is 2.11. The van der Waals surface area contributed by atoms with Gasteiger partial charge in [-0.2, -0.15) is 0 Å². The summed E-state index contributed by atoms with van der Waals surface area (Å²) in [5, 5.41) is 9.87. The number of amides is 1. The molecule has 1 amide bonds. The predicted octanol–water partition coefficient (Wildman–Crippen LogP) is 2.24. The summed E-state index contributed by atoms with van der Waals surface area (Å²) >= 11 is 12.1. The van der Waals surface area contributed by atoms with E-state index in [4.69, 9.17) is 33.0 Å². The second kappa shape index (κ2) is 6.64. The molecule has 5 nitrogen and oxygen atoms in total. The molecule has 0 spiro atoms. The van der Waals surface area contributed by atoms with Crippen molar-refractivity contribution >= 4 is 35.1 Å². The molecule has 2 rings (SSSR count). The van der Waals surface area contributed by atoms with Crippen LogP contribution in [0.2, 0.25) is 10.0 Å². The first kappa shape index (κ1) is 16.1. The Morgan fingerprint density at radius 1 is 1.33 bits per heavy atom. The van der Waals surface area contributed by atoms with Crippen LogP contribution in [-0.2, 0) is 20.7 Å². The molecule has 1 fully saturated rings. The Kier molecular flexibility index (Phi) is 5.08. The highest BCUT2D eigenvalue weighted by atomic mass is 35.5. The van der Waals surface area contributed by atoms with Gasteiger partial charge in [-0.1, -0.05) is 29.3 Å². The third kappa shape index (κ3) is 3.87. The second-order valence-electron chi connectivity index (χ2n) is 4.95. The average Bonchev–Trinajstić information content (AvgIpc) is 2.42. The molecule has 0 saturated carbocycles. The van der Waals surface area contributed by atoms with Crippen molar-refractivity contribution in [2.75, 3.05) is 13.1 Å². The molecular formula is C14H15Cl2NO4. The van der Waals surface area contributed by atoms with Crippen LogP contribution in [0.3, 0.4) is 0 Å². The number of ether oxygens (including phenoxy) is 1. The van der Waals surface area contributed by atoms with Crippen LogP contribution in [0, 0.1) is 0 Å².